The fraction of sp³-hybridized carbons (Fsp3) is 0.355. The van der Waals surface area contributed by atoms with Crippen molar-refractivity contribution in [1.29, 1.82) is 0 Å². The fourth-order valence-electron chi connectivity index (χ4n) is 5.04. The van der Waals surface area contributed by atoms with E-state index in [2.05, 4.69) is 26.8 Å². The van der Waals surface area contributed by atoms with Crippen LogP contribution in [0.2, 0.25) is 5.02 Å². The van der Waals surface area contributed by atoms with Gasteiger partial charge in [0.05, 0.1) is 15.3 Å². The highest BCUT2D eigenvalue weighted by Gasteiger charge is 2.28. The van der Waals surface area contributed by atoms with Gasteiger partial charge in [0.15, 0.2) is 5.78 Å². The second kappa shape index (κ2) is 13.2. The lowest BCUT2D eigenvalue weighted by molar-refractivity contribution is -0.145. The number of hydrogen-bond donors (Lipinski definition) is 1. The van der Waals surface area contributed by atoms with E-state index in [4.69, 9.17) is 21.1 Å². The van der Waals surface area contributed by atoms with Gasteiger partial charge in [-0.25, -0.2) is 14.8 Å². The summed E-state index contributed by atoms with van der Waals surface area (Å²) >= 11 is 8.05. The summed E-state index contributed by atoms with van der Waals surface area (Å²) in [7, 11) is 2.13. The van der Waals surface area contributed by atoms with Gasteiger partial charge in [-0.1, -0.05) is 48.0 Å². The predicted octanol–water partition coefficient (Wildman–Crippen LogP) is 5.22. The van der Waals surface area contributed by atoms with Gasteiger partial charge < -0.3 is 19.5 Å². The molecule has 9 nitrogen and oxygen atoms in total. The Morgan fingerprint density at radius 3 is 2.52 bits per heavy atom. The van der Waals surface area contributed by atoms with Crippen LogP contribution in [0.5, 0.6) is 11.6 Å². The highest BCUT2D eigenvalue weighted by molar-refractivity contribution is 7.21. The number of carboxylic acids is 1. The SMILES string of the molecule is CC(=O)c1sc2ncnc(O[C@H](Cc3ccccc3)C(=O)O)c2c1-c1ccc(OCCN2CCN(C)CC2)c(Cl)c1C. The molecule has 0 spiro atoms. The first-order valence-corrected chi connectivity index (χ1v) is 15.0. The number of aromatic nitrogens is 2. The van der Waals surface area contributed by atoms with E-state index >= 15 is 0 Å². The Morgan fingerprint density at radius 1 is 1.10 bits per heavy atom. The van der Waals surface area contributed by atoms with Gasteiger partial charge in [-0.15, -0.1) is 11.3 Å². The van der Waals surface area contributed by atoms with E-state index in [9.17, 15) is 14.7 Å². The van der Waals surface area contributed by atoms with Crippen molar-refractivity contribution in [1.82, 2.24) is 19.8 Å². The second-order valence-electron chi connectivity index (χ2n) is 10.4. The lowest BCUT2D eigenvalue weighted by atomic mass is 9.97. The molecular weight excluding hydrogens is 576 g/mol. The molecule has 2 aromatic heterocycles. The zero-order chi connectivity index (χ0) is 29.8. The molecule has 1 aliphatic heterocycles. The Bertz CT molecular complexity index is 1590. The molecule has 0 radical (unpaired) electrons. The maximum atomic E-state index is 12.8. The number of carbonyl (C=O) groups excluding carboxylic acids is 1. The number of hydrogen-bond acceptors (Lipinski definition) is 9. The average molecular weight is 609 g/mol. The Hall–Kier alpha value is -3.57. The lowest BCUT2D eigenvalue weighted by Gasteiger charge is -2.32. The van der Waals surface area contributed by atoms with Crippen LogP contribution in [0.4, 0.5) is 0 Å². The Morgan fingerprint density at radius 2 is 1.83 bits per heavy atom. The Labute approximate surface area is 253 Å². The Balaban J connectivity index is 1.47. The molecule has 1 saturated heterocycles. The number of halogens is 1. The molecule has 220 valence electrons. The third-order valence-corrected chi connectivity index (χ3v) is 9.12. The molecule has 4 aromatic rings. The maximum absolute atomic E-state index is 12.8. The van der Waals surface area contributed by atoms with E-state index in [1.165, 1.54) is 24.6 Å². The number of thiophene rings is 1. The van der Waals surface area contributed by atoms with Crippen LogP contribution in [0.3, 0.4) is 0 Å². The van der Waals surface area contributed by atoms with E-state index in [1.54, 1.807) is 0 Å². The van der Waals surface area contributed by atoms with Crippen LogP contribution in [-0.2, 0) is 11.2 Å². The van der Waals surface area contributed by atoms with Crippen LogP contribution >= 0.6 is 22.9 Å². The topological polar surface area (TPSA) is 105 Å². The molecule has 3 heterocycles. The molecule has 0 saturated carbocycles. The molecule has 5 rings (SSSR count). The van der Waals surface area contributed by atoms with Crippen LogP contribution in [0.1, 0.15) is 27.7 Å². The molecule has 1 fully saturated rings. The third-order valence-electron chi connectivity index (χ3n) is 7.45. The molecule has 2 aromatic carbocycles. The average Bonchev–Trinajstić information content (AvgIpc) is 3.37. The zero-order valence-electron chi connectivity index (χ0n) is 23.8. The number of rotatable bonds is 11. The Kier molecular flexibility index (Phi) is 9.37. The molecule has 1 N–H and O–H groups in total. The highest BCUT2D eigenvalue weighted by atomic mass is 35.5. The largest absolute Gasteiger partial charge is 0.491 e. The normalized spacial score (nSPS) is 15.0. The van der Waals surface area contributed by atoms with Crippen molar-refractivity contribution in [2.45, 2.75) is 26.4 Å². The summed E-state index contributed by atoms with van der Waals surface area (Å²) < 4.78 is 12.1. The maximum Gasteiger partial charge on any atom is 0.345 e. The number of aliphatic carboxylic acids is 1. The molecule has 0 unspecified atom stereocenters. The van der Waals surface area contributed by atoms with Gasteiger partial charge >= 0.3 is 5.97 Å². The van der Waals surface area contributed by atoms with Crippen LogP contribution in [0.15, 0.2) is 48.8 Å². The van der Waals surface area contributed by atoms with E-state index < -0.39 is 12.1 Å². The first-order chi connectivity index (χ1) is 20.2. The highest BCUT2D eigenvalue weighted by Crippen LogP contribution is 2.45. The fourth-order valence-corrected chi connectivity index (χ4v) is 6.30. The lowest BCUT2D eigenvalue weighted by Crippen LogP contribution is -2.45. The van der Waals surface area contributed by atoms with E-state index in [0.29, 0.717) is 43.6 Å². The third kappa shape index (κ3) is 6.57. The number of benzene rings is 2. The predicted molar refractivity (Wildman–Crippen MR) is 164 cm³/mol. The molecule has 11 heteroatoms. The number of ether oxygens (including phenoxy) is 2. The summed E-state index contributed by atoms with van der Waals surface area (Å²) in [5.74, 6) is -0.602. The van der Waals surface area contributed by atoms with Gasteiger partial charge in [0.25, 0.3) is 0 Å². The minimum atomic E-state index is -1.19. The molecule has 1 atom stereocenters. The minimum Gasteiger partial charge on any atom is -0.491 e. The minimum absolute atomic E-state index is 0.102. The van der Waals surface area contributed by atoms with Gasteiger partial charge in [-0.3, -0.25) is 9.69 Å². The quantitative estimate of drug-likeness (QED) is 0.229. The van der Waals surface area contributed by atoms with Crippen molar-refractivity contribution in [2.24, 2.45) is 0 Å². The number of fused-ring (bicyclic) bond motifs is 1. The first-order valence-electron chi connectivity index (χ1n) is 13.8. The molecule has 0 amide bonds. The number of Topliss-reactive ketones (excluding diaryl/α,β-unsaturated/α-hetero) is 1. The summed E-state index contributed by atoms with van der Waals surface area (Å²) in [5.41, 5.74) is 2.82. The summed E-state index contributed by atoms with van der Waals surface area (Å²) in [6.45, 7) is 8.76. The summed E-state index contributed by atoms with van der Waals surface area (Å²) in [6.07, 6.45) is 0.270. The number of likely N-dealkylation sites (N-methyl/N-ethyl adjacent to an activating group) is 1. The van der Waals surface area contributed by atoms with Crippen molar-refractivity contribution in [3.05, 3.63) is 69.8 Å². The molecule has 1 aliphatic rings. The number of nitrogens with zero attached hydrogens (tertiary/aromatic N) is 4. The summed E-state index contributed by atoms with van der Waals surface area (Å²) in [6, 6.07) is 12.9. The monoisotopic (exact) mass is 608 g/mol. The smallest absolute Gasteiger partial charge is 0.345 e. The van der Waals surface area contributed by atoms with Crippen molar-refractivity contribution in [2.75, 3.05) is 46.4 Å². The summed E-state index contributed by atoms with van der Waals surface area (Å²) in [4.78, 5) is 39.4. The molecule has 0 bridgehead atoms. The van der Waals surface area contributed by atoms with E-state index in [1.807, 2.05) is 49.4 Å². The number of piperazine rings is 1. The molecule has 42 heavy (non-hydrogen) atoms. The van der Waals surface area contributed by atoms with Crippen LogP contribution in [0.25, 0.3) is 21.3 Å². The van der Waals surface area contributed by atoms with Gasteiger partial charge in [0, 0.05) is 44.7 Å². The van der Waals surface area contributed by atoms with E-state index in [-0.39, 0.29) is 18.1 Å². The van der Waals surface area contributed by atoms with E-state index in [0.717, 1.165) is 43.9 Å². The molecule has 0 aliphatic carbocycles. The zero-order valence-corrected chi connectivity index (χ0v) is 25.4. The van der Waals surface area contributed by atoms with Crippen molar-refractivity contribution in [3.8, 4) is 22.8 Å². The second-order valence-corrected chi connectivity index (χ2v) is 11.8. The first kappa shape index (κ1) is 29.9. The van der Waals surface area contributed by atoms with Crippen LogP contribution < -0.4 is 9.47 Å². The standard InChI is InChI=1S/C31H33ClN4O5S/c1-19-22(9-10-23(27(19)32)40-16-15-36-13-11-35(3)12-14-36)25-26-29(33-18-34-30(26)42-28(25)20(2)37)41-24(31(38)39)17-21-7-5-4-6-8-21/h4-10,18,24H,11-17H2,1-3H3,(H,38,39)/t24-/m1/s1. The van der Waals surface area contributed by atoms with Crippen molar-refractivity contribution < 1.29 is 24.2 Å². The van der Waals surface area contributed by atoms with Gasteiger partial charge in [0.1, 0.15) is 23.5 Å². The van der Waals surface area contributed by atoms with Gasteiger partial charge in [0.2, 0.25) is 12.0 Å². The van der Waals surface area contributed by atoms with Gasteiger partial charge in [-0.2, -0.15) is 0 Å². The van der Waals surface area contributed by atoms with Gasteiger partial charge in [-0.05, 0) is 43.7 Å². The number of carboxylic acid groups (broad SMARTS) is 1. The number of ketones is 1. The van der Waals surface area contributed by atoms with Crippen molar-refractivity contribution in [3.63, 3.8) is 0 Å². The molecular formula is C31H33ClN4O5S. The van der Waals surface area contributed by atoms with Crippen LogP contribution in [0, 0.1) is 6.92 Å². The van der Waals surface area contributed by atoms with Crippen LogP contribution in [-0.4, -0.2) is 89.1 Å². The number of carbonyl (C=O) groups is 2. The van der Waals surface area contributed by atoms with Crippen molar-refractivity contribution >= 4 is 44.9 Å². The summed E-state index contributed by atoms with van der Waals surface area (Å²) in [5, 5.41) is 10.9.